The second-order valence-electron chi connectivity index (χ2n) is 11.9. The number of nitrogens with one attached hydrogen (secondary N) is 2. The summed E-state index contributed by atoms with van der Waals surface area (Å²) in [5.74, 6) is 0.00255. The van der Waals surface area contributed by atoms with Gasteiger partial charge in [0.25, 0.3) is 11.8 Å². The molecule has 3 unspecified atom stereocenters. The molecule has 2 saturated heterocycles. The van der Waals surface area contributed by atoms with Gasteiger partial charge in [-0.2, -0.15) is 0 Å². The van der Waals surface area contributed by atoms with E-state index in [1.54, 1.807) is 12.1 Å². The van der Waals surface area contributed by atoms with Gasteiger partial charge in [0.05, 0.1) is 18.6 Å². The topological polar surface area (TPSA) is 162 Å². The number of para-hydroxylation sites is 1. The Morgan fingerprint density at radius 2 is 1.75 bits per heavy atom. The van der Waals surface area contributed by atoms with Crippen molar-refractivity contribution >= 4 is 35.5 Å². The van der Waals surface area contributed by atoms with E-state index in [0.717, 1.165) is 16.7 Å². The standard InChI is InChI=1S/C32H31N9O3/c33-29-37-27-25(16-40-26(42)17-39(31(40)44)20-8-2-1-3-9-20)36-30(34)41-15-19(14-32(27,41)38-29)35-28(43)23-12-6-11-22-21-10-5-4-7-18(21)13-24(22)23/h1-12,19,25,27H,13-17H2,(H2,34,36)(H,35,43)(H3,33,37,38)/t19?,25-,27?,32?/m0/s1. The molecule has 2 fully saturated rings. The molecule has 1 spiro atoms. The van der Waals surface area contributed by atoms with Crippen molar-refractivity contribution in [2.45, 2.75) is 36.6 Å². The average Bonchev–Trinajstić information content (AvgIpc) is 3.75. The van der Waals surface area contributed by atoms with E-state index in [0.29, 0.717) is 30.6 Å². The van der Waals surface area contributed by atoms with Gasteiger partial charge in [-0.3, -0.25) is 19.4 Å². The number of benzene rings is 3. The molecule has 4 heterocycles. The van der Waals surface area contributed by atoms with Gasteiger partial charge in [-0.25, -0.2) is 14.8 Å². The Morgan fingerprint density at radius 1 is 0.977 bits per heavy atom. The first-order chi connectivity index (χ1) is 21.3. The molecule has 3 aromatic rings. The summed E-state index contributed by atoms with van der Waals surface area (Å²) in [5.41, 5.74) is 17.7. The van der Waals surface area contributed by atoms with E-state index in [1.807, 2.05) is 47.4 Å². The number of nitrogens with zero attached hydrogens (tertiary/aromatic N) is 5. The third-order valence-corrected chi connectivity index (χ3v) is 9.42. The van der Waals surface area contributed by atoms with E-state index in [2.05, 4.69) is 33.8 Å². The zero-order valence-electron chi connectivity index (χ0n) is 23.8. The van der Waals surface area contributed by atoms with Crippen LogP contribution in [0.5, 0.6) is 0 Å². The van der Waals surface area contributed by atoms with Crippen LogP contribution in [0.25, 0.3) is 11.1 Å². The second-order valence-corrected chi connectivity index (χ2v) is 11.9. The predicted octanol–water partition coefficient (Wildman–Crippen LogP) is 1.21. The SMILES string of the molecule is NC1=NC2[C@H](CN3C(=O)CN(c4ccccc4)C3=O)N=C(N)N3CC(NC(=O)c4cccc5c4Cc4ccccc4-5)CC23N1. The van der Waals surface area contributed by atoms with Gasteiger partial charge in [0.1, 0.15) is 18.2 Å². The van der Waals surface area contributed by atoms with Crippen LogP contribution in [0.2, 0.25) is 0 Å². The van der Waals surface area contributed by atoms with Crippen LogP contribution in [0.3, 0.4) is 0 Å². The lowest BCUT2D eigenvalue weighted by molar-refractivity contribution is -0.125. The van der Waals surface area contributed by atoms with Crippen molar-refractivity contribution in [2.75, 3.05) is 24.5 Å². The highest BCUT2D eigenvalue weighted by atomic mass is 16.2. The molecule has 4 atom stereocenters. The third kappa shape index (κ3) is 3.86. The Hall–Kier alpha value is -5.39. The van der Waals surface area contributed by atoms with Gasteiger partial charge in [0.2, 0.25) is 0 Å². The number of urea groups is 1. The summed E-state index contributed by atoms with van der Waals surface area (Å²) in [6, 6.07) is 21.3. The van der Waals surface area contributed by atoms with Crippen LogP contribution in [0, 0.1) is 0 Å². The number of nitrogens with two attached hydrogens (primary N) is 2. The largest absolute Gasteiger partial charge is 0.370 e. The lowest BCUT2D eigenvalue weighted by Gasteiger charge is -2.45. The zero-order valence-corrected chi connectivity index (χ0v) is 23.8. The minimum absolute atomic E-state index is 0.00809. The second kappa shape index (κ2) is 9.56. The highest BCUT2D eigenvalue weighted by molar-refractivity contribution is 6.12. The van der Waals surface area contributed by atoms with Crippen LogP contribution in [-0.2, 0) is 11.2 Å². The van der Waals surface area contributed by atoms with E-state index in [9.17, 15) is 14.4 Å². The van der Waals surface area contributed by atoms with Crippen molar-refractivity contribution < 1.29 is 14.4 Å². The van der Waals surface area contributed by atoms with Crippen molar-refractivity contribution in [1.29, 1.82) is 0 Å². The van der Waals surface area contributed by atoms with Crippen LogP contribution in [0.4, 0.5) is 10.5 Å². The van der Waals surface area contributed by atoms with E-state index in [-0.39, 0.29) is 42.9 Å². The van der Waals surface area contributed by atoms with Crippen LogP contribution in [-0.4, -0.2) is 83.0 Å². The number of hydrogen-bond donors (Lipinski definition) is 4. The molecule has 0 aromatic heterocycles. The fraction of sp³-hybridized carbons (Fsp3) is 0.281. The summed E-state index contributed by atoms with van der Waals surface area (Å²) in [6.07, 6.45) is 1.16. The summed E-state index contributed by atoms with van der Waals surface area (Å²) >= 11 is 0. The number of anilines is 1. The Kier molecular flexibility index (Phi) is 5.70. The van der Waals surface area contributed by atoms with E-state index < -0.39 is 23.8 Å². The number of carbonyl (C=O) groups is 3. The average molecular weight is 590 g/mol. The molecule has 12 nitrogen and oxygen atoms in total. The highest BCUT2D eigenvalue weighted by Gasteiger charge is 2.60. The van der Waals surface area contributed by atoms with Gasteiger partial charge in [-0.05, 0) is 46.9 Å². The number of guanidine groups is 2. The maximum Gasteiger partial charge on any atom is 0.331 e. The van der Waals surface area contributed by atoms with E-state index in [1.165, 1.54) is 15.4 Å². The molecular weight excluding hydrogens is 558 g/mol. The van der Waals surface area contributed by atoms with Crippen molar-refractivity contribution in [2.24, 2.45) is 21.5 Å². The number of imide groups is 1. The Bertz CT molecular complexity index is 1790. The van der Waals surface area contributed by atoms with Crippen molar-refractivity contribution in [3.05, 3.63) is 89.5 Å². The third-order valence-electron chi connectivity index (χ3n) is 9.42. The number of fused-ring (bicyclic) bond motifs is 3. The van der Waals surface area contributed by atoms with Crippen LogP contribution < -0.4 is 27.0 Å². The molecular formula is C32H31N9O3. The number of carbonyl (C=O) groups excluding carboxylic acids is 3. The lowest BCUT2D eigenvalue weighted by Crippen LogP contribution is -2.69. The molecule has 44 heavy (non-hydrogen) atoms. The summed E-state index contributed by atoms with van der Waals surface area (Å²) < 4.78 is 0. The number of aliphatic imine (C=N–C) groups is 2. The molecule has 4 aliphatic heterocycles. The molecule has 0 radical (unpaired) electrons. The van der Waals surface area contributed by atoms with Crippen LogP contribution in [0.15, 0.2) is 82.8 Å². The van der Waals surface area contributed by atoms with Gasteiger partial charge in [0.15, 0.2) is 11.9 Å². The zero-order chi connectivity index (χ0) is 30.2. The minimum Gasteiger partial charge on any atom is -0.370 e. The quantitative estimate of drug-likeness (QED) is 0.254. The van der Waals surface area contributed by atoms with E-state index >= 15 is 0 Å². The number of amides is 4. The first-order valence-corrected chi connectivity index (χ1v) is 14.7. The summed E-state index contributed by atoms with van der Waals surface area (Å²) in [7, 11) is 0. The normalized spacial score (nSPS) is 26.5. The Balaban J connectivity index is 1.02. The highest BCUT2D eigenvalue weighted by Crippen LogP contribution is 2.41. The monoisotopic (exact) mass is 589 g/mol. The van der Waals surface area contributed by atoms with E-state index in [4.69, 9.17) is 16.5 Å². The van der Waals surface area contributed by atoms with Crippen molar-refractivity contribution in [1.82, 2.24) is 20.4 Å². The first-order valence-electron chi connectivity index (χ1n) is 14.7. The smallest absolute Gasteiger partial charge is 0.331 e. The minimum atomic E-state index is -0.849. The molecule has 6 N–H and O–H groups in total. The van der Waals surface area contributed by atoms with Gasteiger partial charge in [-0.15, -0.1) is 0 Å². The van der Waals surface area contributed by atoms with Gasteiger partial charge >= 0.3 is 6.03 Å². The first kappa shape index (κ1) is 26.3. The number of hydrogen-bond acceptors (Lipinski definition) is 9. The maximum absolute atomic E-state index is 13.7. The molecule has 0 bridgehead atoms. The molecule has 222 valence electrons. The van der Waals surface area contributed by atoms with Crippen LogP contribution in [0.1, 0.15) is 27.9 Å². The van der Waals surface area contributed by atoms with Crippen molar-refractivity contribution in [3.8, 4) is 11.1 Å². The van der Waals surface area contributed by atoms with Gasteiger partial charge in [0, 0.05) is 24.2 Å². The molecule has 1 aliphatic carbocycles. The Morgan fingerprint density at radius 3 is 2.59 bits per heavy atom. The van der Waals surface area contributed by atoms with Gasteiger partial charge in [-0.1, -0.05) is 54.6 Å². The molecule has 3 aromatic carbocycles. The predicted molar refractivity (Wildman–Crippen MR) is 165 cm³/mol. The fourth-order valence-corrected chi connectivity index (χ4v) is 7.52. The van der Waals surface area contributed by atoms with Crippen molar-refractivity contribution in [3.63, 3.8) is 0 Å². The fourth-order valence-electron chi connectivity index (χ4n) is 7.52. The molecule has 8 rings (SSSR count). The Labute approximate surface area is 253 Å². The van der Waals surface area contributed by atoms with Gasteiger partial charge < -0.3 is 27.0 Å². The molecule has 12 heteroatoms. The lowest BCUT2D eigenvalue weighted by atomic mass is 9.89. The summed E-state index contributed by atoms with van der Waals surface area (Å²) in [6.45, 7) is 0.357. The number of rotatable bonds is 5. The van der Waals surface area contributed by atoms with Crippen LogP contribution >= 0.6 is 0 Å². The maximum atomic E-state index is 13.7. The molecule has 4 amide bonds. The summed E-state index contributed by atoms with van der Waals surface area (Å²) in [4.78, 5) is 54.0. The molecule has 0 saturated carbocycles. The molecule has 5 aliphatic rings. The summed E-state index contributed by atoms with van der Waals surface area (Å²) in [5, 5.41) is 6.54.